The zero-order chi connectivity index (χ0) is 43.0. The van der Waals surface area contributed by atoms with Crippen LogP contribution in [0.1, 0.15) is 0 Å². The van der Waals surface area contributed by atoms with E-state index in [1.54, 1.807) is 42.0 Å². The summed E-state index contributed by atoms with van der Waals surface area (Å²) in [6.07, 6.45) is 0. The van der Waals surface area contributed by atoms with Crippen LogP contribution >= 0.6 is 22.8 Å². The van der Waals surface area contributed by atoms with Crippen LogP contribution < -0.4 is 0 Å². The van der Waals surface area contributed by atoms with Gasteiger partial charge in [-0.3, -0.25) is 13.7 Å². The molecule has 55 heavy (non-hydrogen) atoms. The topological polar surface area (TPSA) is 80.4 Å². The fourth-order valence-corrected chi connectivity index (χ4v) is 11.4. The van der Waals surface area contributed by atoms with Crippen LogP contribution in [-0.4, -0.2) is 169 Å². The van der Waals surface area contributed by atoms with Gasteiger partial charge < -0.3 is 37.9 Å². The van der Waals surface area contributed by atoms with E-state index in [1.807, 2.05) is 218 Å². The van der Waals surface area contributed by atoms with Crippen molar-refractivity contribution in [3.63, 3.8) is 0 Å². The second kappa shape index (κ2) is 32.0. The number of hydrogen-bond acceptors (Lipinski definition) is 6. The molecule has 3 aromatic carbocycles. The molecule has 0 spiro atoms. The molecule has 0 amide bonds. The summed E-state index contributed by atoms with van der Waals surface area (Å²) < 4.78 is 52.0. The van der Waals surface area contributed by atoms with Gasteiger partial charge in [0, 0.05) is 0 Å². The Morgan fingerprint density at radius 3 is 0.436 bits per heavy atom. The van der Waals surface area contributed by atoms with E-state index in [9.17, 15) is 13.7 Å². The number of hydrogen-bond donors (Lipinski definition) is 0. The minimum Gasteiger partial charge on any atom is -0.780 e. The fourth-order valence-electron chi connectivity index (χ4n) is 4.48. The van der Waals surface area contributed by atoms with E-state index in [-0.39, 0.29) is 46.9 Å². The Labute approximate surface area is 392 Å². The van der Waals surface area contributed by atoms with Crippen LogP contribution in [0.25, 0.3) is 0 Å². The van der Waals surface area contributed by atoms with E-state index in [2.05, 4.69) is 0 Å². The first-order valence-electron chi connectivity index (χ1n) is 16.7. The standard InChI is InChI=1S/3C6H18N3OP.3C6H6S.Yb/c3*1-7(2)11(10,8(3)4)9(5)6;3*7-6-4-2-1-3-5-6;/h3*1-6H3;3*1-5,7H;/q;;;;;;+3/p-3. The first kappa shape index (κ1) is 61.8. The molecule has 0 bridgehead atoms. The molecule has 0 N–H and O–H groups in total. The van der Waals surface area contributed by atoms with Gasteiger partial charge in [0.1, 0.15) is 0 Å². The molecule has 0 aliphatic heterocycles. The summed E-state index contributed by atoms with van der Waals surface area (Å²) in [5.41, 5.74) is 0. The van der Waals surface area contributed by atoms with E-state index < -0.39 is 22.8 Å². The van der Waals surface area contributed by atoms with Gasteiger partial charge in [0.15, 0.2) is 0 Å². The molecule has 0 atom stereocenters. The third kappa shape index (κ3) is 24.1. The summed E-state index contributed by atoms with van der Waals surface area (Å²) in [6, 6.07) is 28.8. The van der Waals surface area contributed by atoms with Gasteiger partial charge in [0.25, 0.3) is 22.8 Å². The quantitative estimate of drug-likeness (QED) is 0.161. The van der Waals surface area contributed by atoms with E-state index in [0.717, 1.165) is 14.7 Å². The number of rotatable bonds is 9. The zero-order valence-electron chi connectivity index (χ0n) is 36.2. The molecular weight excluding hydrogens is 969 g/mol. The average Bonchev–Trinajstić information content (AvgIpc) is 3.08. The van der Waals surface area contributed by atoms with Crippen molar-refractivity contribution in [2.75, 3.05) is 127 Å². The molecule has 3 rings (SSSR count). The first-order valence-corrected chi connectivity index (χ1v) is 22.7. The van der Waals surface area contributed by atoms with Crippen molar-refractivity contribution in [3.05, 3.63) is 91.0 Å². The summed E-state index contributed by atoms with van der Waals surface area (Å²) in [4.78, 5) is 2.72. The molecule has 0 aliphatic carbocycles. The second-order valence-corrected chi connectivity index (χ2v) is 24.8. The van der Waals surface area contributed by atoms with E-state index in [0.29, 0.717) is 0 Å². The van der Waals surface area contributed by atoms with Crippen molar-refractivity contribution in [1.29, 1.82) is 0 Å². The van der Waals surface area contributed by atoms with Crippen molar-refractivity contribution in [3.8, 4) is 0 Å². The van der Waals surface area contributed by atoms with Crippen molar-refractivity contribution in [1.82, 2.24) is 42.0 Å². The Bertz CT molecular complexity index is 1250. The molecule has 0 saturated carbocycles. The Balaban J connectivity index is -0.000000285. The maximum absolute atomic E-state index is 12.1. The Kier molecular flexibility index (Phi) is 36.0. The molecule has 323 valence electrons. The summed E-state index contributed by atoms with van der Waals surface area (Å²) in [6.45, 7) is 0. The minimum absolute atomic E-state index is 0. The molecule has 19 heteroatoms. The van der Waals surface area contributed by atoms with E-state index in [1.165, 1.54) is 0 Å². The van der Waals surface area contributed by atoms with Gasteiger partial charge in [0.2, 0.25) is 0 Å². The second-order valence-electron chi connectivity index (χ2n) is 13.1. The van der Waals surface area contributed by atoms with Crippen LogP contribution in [0.5, 0.6) is 0 Å². The van der Waals surface area contributed by atoms with Crippen molar-refractivity contribution >= 4 is 60.7 Å². The predicted molar refractivity (Wildman–Crippen MR) is 242 cm³/mol. The maximum Gasteiger partial charge on any atom is 3.00 e. The Morgan fingerprint density at radius 2 is 0.400 bits per heavy atom. The van der Waals surface area contributed by atoms with Crippen molar-refractivity contribution < 1.29 is 60.6 Å². The van der Waals surface area contributed by atoms with Crippen LogP contribution in [0.15, 0.2) is 106 Å². The van der Waals surface area contributed by atoms with E-state index >= 15 is 0 Å². The number of benzene rings is 3. The molecule has 0 saturated heterocycles. The minimum atomic E-state index is -2.44. The van der Waals surface area contributed by atoms with Crippen molar-refractivity contribution in [2.45, 2.75) is 14.7 Å². The molecular formula is C36H69N9O3P3S3Yb. The van der Waals surface area contributed by atoms with E-state index in [4.69, 9.17) is 37.9 Å². The molecule has 0 unspecified atom stereocenters. The first-order chi connectivity index (χ1) is 24.7. The summed E-state index contributed by atoms with van der Waals surface area (Å²) in [7, 11) is 25.5. The van der Waals surface area contributed by atoms with Gasteiger partial charge in [-0.2, -0.15) is 14.7 Å². The summed E-state index contributed by atoms with van der Waals surface area (Å²) in [5, 5.41) is 0. The van der Waals surface area contributed by atoms with Crippen LogP contribution in [0, 0.1) is 46.9 Å². The van der Waals surface area contributed by atoms with Gasteiger partial charge in [-0.25, -0.2) is 42.0 Å². The smallest absolute Gasteiger partial charge is 0.780 e. The molecule has 12 nitrogen and oxygen atoms in total. The van der Waals surface area contributed by atoms with Crippen LogP contribution in [0.4, 0.5) is 0 Å². The molecule has 1 radical (unpaired) electrons. The molecule has 0 aliphatic rings. The Morgan fingerprint density at radius 1 is 0.291 bits per heavy atom. The monoisotopic (exact) mass is 1040 g/mol. The van der Waals surface area contributed by atoms with Gasteiger partial charge >= 0.3 is 46.9 Å². The summed E-state index contributed by atoms with van der Waals surface area (Å²) in [5.74, 6) is 0. The molecule has 3 aromatic rings. The van der Waals surface area contributed by atoms with Crippen LogP contribution in [-0.2, 0) is 51.6 Å². The molecule has 0 heterocycles. The largest absolute Gasteiger partial charge is 3.00 e. The summed E-state index contributed by atoms with van der Waals surface area (Å²) >= 11 is 14.4. The third-order valence-corrected chi connectivity index (χ3v) is 17.1. The maximum atomic E-state index is 12.1. The Hall–Kier alpha value is 0.169. The van der Waals surface area contributed by atoms with Gasteiger partial charge in [-0.15, -0.1) is 0 Å². The normalized spacial score (nSPS) is 11.4. The van der Waals surface area contributed by atoms with Gasteiger partial charge in [0.05, 0.1) is 0 Å². The molecule has 0 fully saturated rings. The zero-order valence-corrected chi connectivity index (χ0v) is 43.1. The average molecular weight is 1040 g/mol. The van der Waals surface area contributed by atoms with Gasteiger partial charge in [-0.1, -0.05) is 91.0 Å². The van der Waals surface area contributed by atoms with Crippen LogP contribution in [0.3, 0.4) is 0 Å². The molecule has 0 aromatic heterocycles. The predicted octanol–water partition coefficient (Wildman–Crippen LogP) is 7.12. The van der Waals surface area contributed by atoms with Crippen LogP contribution in [0.2, 0.25) is 0 Å². The van der Waals surface area contributed by atoms with Gasteiger partial charge in [-0.05, 0) is 127 Å². The fraction of sp³-hybridized carbons (Fsp3) is 0.500. The SMILES string of the molecule is CN(C)P(=O)(N(C)C)N(C)C.CN(C)P(=O)(N(C)C)N(C)C.CN(C)P(=O)(N(C)C)N(C)C.[S-]c1ccccc1.[S-]c1ccccc1.[S-]c1ccccc1.[Yb+3]. The van der Waals surface area contributed by atoms with Crippen molar-refractivity contribution in [2.24, 2.45) is 0 Å². The third-order valence-electron chi connectivity index (χ3n) is 6.92. The number of nitrogens with zero attached hydrogens (tertiary/aromatic N) is 9.